The molecule has 0 aliphatic heterocycles. The van der Waals surface area contributed by atoms with Crippen LogP contribution in [0.2, 0.25) is 0 Å². The zero-order valence-electron chi connectivity index (χ0n) is 10.4. The number of hydrogen-bond acceptors (Lipinski definition) is 5. The van der Waals surface area contributed by atoms with Crippen LogP contribution in [0.1, 0.15) is 0 Å². The number of aromatic nitrogens is 1. The van der Waals surface area contributed by atoms with Crippen LogP contribution in [0.5, 0.6) is 0 Å². The third-order valence-electron chi connectivity index (χ3n) is 2.62. The van der Waals surface area contributed by atoms with Gasteiger partial charge in [-0.05, 0) is 0 Å². The van der Waals surface area contributed by atoms with E-state index in [1.54, 1.807) is 24.6 Å². The third-order valence-corrected chi connectivity index (χ3v) is 4.02. The topological polar surface area (TPSA) is 76.3 Å². The Bertz CT molecular complexity index is 659. The van der Waals surface area contributed by atoms with Crippen LogP contribution in [0.3, 0.4) is 0 Å². The van der Waals surface area contributed by atoms with E-state index in [0.29, 0.717) is 16.4 Å². The van der Waals surface area contributed by atoms with Gasteiger partial charge in [0.15, 0.2) is 5.13 Å². The molecule has 0 atom stereocenters. The van der Waals surface area contributed by atoms with Gasteiger partial charge in [0.2, 0.25) is 5.91 Å². The average molecular weight is 356 g/mol. The van der Waals surface area contributed by atoms with Gasteiger partial charge in [-0.3, -0.25) is 19.8 Å². The van der Waals surface area contributed by atoms with Gasteiger partial charge in [-0.25, -0.2) is 4.98 Å². The fraction of sp³-hybridized carbons (Fsp3) is 0.167. The second-order valence-corrected chi connectivity index (χ2v) is 5.31. The smallest absolute Gasteiger partial charge is 0.270 e. The second-order valence-electron chi connectivity index (χ2n) is 3.91. The summed E-state index contributed by atoms with van der Waals surface area (Å²) in [5.74, 6) is -0.107. The summed E-state index contributed by atoms with van der Waals surface area (Å²) in [7, 11) is 1.64. The van der Waals surface area contributed by atoms with Crippen LogP contribution < -0.4 is 4.90 Å². The van der Waals surface area contributed by atoms with Gasteiger partial charge in [-0.1, -0.05) is 28.1 Å². The minimum atomic E-state index is -0.447. The number of nitrogens with zero attached hydrogens (tertiary/aromatic N) is 3. The number of halogens is 1. The molecule has 8 heteroatoms. The predicted molar refractivity (Wildman–Crippen MR) is 81.4 cm³/mol. The summed E-state index contributed by atoms with van der Waals surface area (Å²) < 4.78 is 0. The zero-order chi connectivity index (χ0) is 14.7. The quantitative estimate of drug-likeness (QED) is 0.479. The summed E-state index contributed by atoms with van der Waals surface area (Å²) in [6.45, 7) is 0. The molecule has 0 aliphatic carbocycles. The van der Waals surface area contributed by atoms with Crippen molar-refractivity contribution >= 4 is 44.0 Å². The number of benzene rings is 1. The van der Waals surface area contributed by atoms with Crippen molar-refractivity contribution in [3.63, 3.8) is 0 Å². The molecule has 0 bridgehead atoms. The van der Waals surface area contributed by atoms with Crippen molar-refractivity contribution in [2.75, 3.05) is 17.3 Å². The second kappa shape index (κ2) is 6.10. The standard InChI is InChI=1S/C12H10BrN3O3S/c1-15(11(17)6-13)12-14-10(7-20-12)8-3-2-4-9(5-8)16(18)19/h2-5,7H,6H2,1H3. The minimum absolute atomic E-state index is 0.0157. The number of carbonyl (C=O) groups excluding carboxylic acids is 1. The Kier molecular flexibility index (Phi) is 4.46. The molecule has 20 heavy (non-hydrogen) atoms. The van der Waals surface area contributed by atoms with Gasteiger partial charge in [-0.15, -0.1) is 11.3 Å². The highest BCUT2D eigenvalue weighted by Crippen LogP contribution is 2.28. The van der Waals surface area contributed by atoms with Gasteiger partial charge in [0.05, 0.1) is 15.9 Å². The molecule has 0 saturated carbocycles. The van der Waals surface area contributed by atoms with Crippen molar-refractivity contribution in [2.45, 2.75) is 0 Å². The Balaban J connectivity index is 2.31. The maximum Gasteiger partial charge on any atom is 0.270 e. The molecule has 1 heterocycles. The number of rotatable bonds is 4. The van der Waals surface area contributed by atoms with E-state index < -0.39 is 4.92 Å². The van der Waals surface area contributed by atoms with Gasteiger partial charge in [0.25, 0.3) is 5.69 Å². The summed E-state index contributed by atoms with van der Waals surface area (Å²) in [5, 5.41) is 13.3. The van der Waals surface area contributed by atoms with E-state index >= 15 is 0 Å². The average Bonchev–Trinajstić information content (AvgIpc) is 2.95. The van der Waals surface area contributed by atoms with E-state index in [-0.39, 0.29) is 16.9 Å². The lowest BCUT2D eigenvalue weighted by molar-refractivity contribution is -0.384. The number of carbonyl (C=O) groups is 1. The highest BCUT2D eigenvalue weighted by molar-refractivity contribution is 9.09. The molecule has 0 spiro atoms. The van der Waals surface area contributed by atoms with Gasteiger partial charge < -0.3 is 0 Å². The third kappa shape index (κ3) is 3.02. The van der Waals surface area contributed by atoms with Gasteiger partial charge >= 0.3 is 0 Å². The van der Waals surface area contributed by atoms with E-state index in [1.807, 2.05) is 0 Å². The van der Waals surface area contributed by atoms with E-state index in [0.717, 1.165) is 0 Å². The Hall–Kier alpha value is -1.80. The number of nitro groups is 1. The van der Waals surface area contributed by atoms with E-state index in [1.165, 1.54) is 28.4 Å². The van der Waals surface area contributed by atoms with Crippen LogP contribution in [-0.2, 0) is 4.79 Å². The lowest BCUT2D eigenvalue weighted by atomic mass is 10.1. The zero-order valence-corrected chi connectivity index (χ0v) is 12.8. The number of anilines is 1. The van der Waals surface area contributed by atoms with Crippen LogP contribution in [0.15, 0.2) is 29.6 Å². The summed E-state index contributed by atoms with van der Waals surface area (Å²) in [4.78, 5) is 27.6. The SMILES string of the molecule is CN(C(=O)CBr)c1nc(-c2cccc([N+](=O)[O-])c2)cs1. The summed E-state index contributed by atoms with van der Waals surface area (Å²) >= 11 is 4.41. The van der Waals surface area contributed by atoms with Crippen LogP contribution in [0.25, 0.3) is 11.3 Å². The number of nitro benzene ring substituents is 1. The van der Waals surface area contributed by atoms with Crippen molar-refractivity contribution in [3.8, 4) is 11.3 Å². The fourth-order valence-corrected chi connectivity index (χ4v) is 2.72. The summed E-state index contributed by atoms with van der Waals surface area (Å²) in [5.41, 5.74) is 1.28. The van der Waals surface area contributed by atoms with Crippen molar-refractivity contribution < 1.29 is 9.72 Å². The van der Waals surface area contributed by atoms with Gasteiger partial charge in [0, 0.05) is 30.1 Å². The molecular weight excluding hydrogens is 346 g/mol. The molecular formula is C12H10BrN3O3S. The van der Waals surface area contributed by atoms with Crippen LogP contribution in [0, 0.1) is 10.1 Å². The molecule has 1 aromatic heterocycles. The fourth-order valence-electron chi connectivity index (χ4n) is 1.53. The molecule has 1 amide bonds. The van der Waals surface area contributed by atoms with Crippen molar-refractivity contribution in [2.24, 2.45) is 0 Å². The molecule has 2 rings (SSSR count). The molecule has 6 nitrogen and oxygen atoms in total. The Morgan fingerprint density at radius 2 is 2.30 bits per heavy atom. The Labute approximate surface area is 127 Å². The molecule has 0 saturated heterocycles. The van der Waals surface area contributed by atoms with E-state index in [9.17, 15) is 14.9 Å². The molecule has 0 radical (unpaired) electrons. The van der Waals surface area contributed by atoms with Gasteiger partial charge in [-0.2, -0.15) is 0 Å². The molecule has 2 aromatic rings. The molecule has 0 fully saturated rings. The first kappa shape index (κ1) is 14.6. The normalized spacial score (nSPS) is 10.3. The van der Waals surface area contributed by atoms with E-state index in [2.05, 4.69) is 20.9 Å². The summed E-state index contributed by atoms with van der Waals surface area (Å²) in [6, 6.07) is 6.25. The molecule has 104 valence electrons. The Morgan fingerprint density at radius 3 is 2.95 bits per heavy atom. The van der Waals surface area contributed by atoms with E-state index in [4.69, 9.17) is 0 Å². The van der Waals surface area contributed by atoms with Crippen LogP contribution >= 0.6 is 27.3 Å². The number of thiazole rings is 1. The number of hydrogen-bond donors (Lipinski definition) is 0. The highest BCUT2D eigenvalue weighted by atomic mass is 79.9. The predicted octanol–water partition coefficient (Wildman–Crippen LogP) is 3.08. The van der Waals surface area contributed by atoms with Crippen LogP contribution in [0.4, 0.5) is 10.8 Å². The molecule has 0 aliphatic rings. The lowest BCUT2D eigenvalue weighted by Gasteiger charge is -2.11. The lowest BCUT2D eigenvalue weighted by Crippen LogP contribution is -2.26. The molecule has 0 unspecified atom stereocenters. The number of alkyl halides is 1. The summed E-state index contributed by atoms with van der Waals surface area (Å²) in [6.07, 6.45) is 0. The number of amides is 1. The molecule has 1 aromatic carbocycles. The van der Waals surface area contributed by atoms with Gasteiger partial charge in [0.1, 0.15) is 0 Å². The van der Waals surface area contributed by atoms with Crippen molar-refractivity contribution in [1.82, 2.24) is 4.98 Å². The first-order valence-corrected chi connectivity index (χ1v) is 7.56. The maximum atomic E-state index is 11.6. The number of non-ortho nitro benzene ring substituents is 1. The minimum Gasteiger partial charge on any atom is -0.291 e. The monoisotopic (exact) mass is 355 g/mol. The largest absolute Gasteiger partial charge is 0.291 e. The maximum absolute atomic E-state index is 11.6. The first-order chi connectivity index (χ1) is 9.52. The Morgan fingerprint density at radius 1 is 1.55 bits per heavy atom. The van der Waals surface area contributed by atoms with Crippen LogP contribution in [-0.4, -0.2) is 28.2 Å². The molecule has 0 N–H and O–H groups in total. The van der Waals surface area contributed by atoms with Crippen molar-refractivity contribution in [1.29, 1.82) is 0 Å². The van der Waals surface area contributed by atoms with Crippen molar-refractivity contribution in [3.05, 3.63) is 39.8 Å². The first-order valence-electron chi connectivity index (χ1n) is 5.56. The highest BCUT2D eigenvalue weighted by Gasteiger charge is 2.15.